The summed E-state index contributed by atoms with van der Waals surface area (Å²) < 4.78 is 12.3. The lowest BCUT2D eigenvalue weighted by atomic mass is 10.4. The average Bonchev–Trinajstić information content (AvgIpc) is 2.03. The molecule has 0 saturated heterocycles. The summed E-state index contributed by atoms with van der Waals surface area (Å²) in [6.45, 7) is 1.99. The van der Waals surface area contributed by atoms with Crippen LogP contribution in [0.25, 0.3) is 0 Å². The molecular formula is C7H10FN3O. The van der Waals surface area contributed by atoms with Crippen LogP contribution in [0.15, 0.2) is 12.4 Å². The van der Waals surface area contributed by atoms with Gasteiger partial charge in [-0.15, -0.1) is 0 Å². The van der Waals surface area contributed by atoms with Gasteiger partial charge in [0.05, 0.1) is 18.5 Å². The minimum absolute atomic E-state index is 0.317. The number of hydrogen-bond donors (Lipinski definition) is 2. The Morgan fingerprint density at radius 2 is 2.17 bits per heavy atom. The fourth-order valence-electron chi connectivity index (χ4n) is 0.643. The van der Waals surface area contributed by atoms with Crippen LogP contribution in [0.5, 0.6) is 0 Å². The number of aliphatic hydroxyl groups excluding tert-OH is 1. The van der Waals surface area contributed by atoms with E-state index < -0.39 is 11.9 Å². The van der Waals surface area contributed by atoms with Crippen molar-refractivity contribution in [1.82, 2.24) is 9.97 Å². The third-order valence-corrected chi connectivity index (χ3v) is 1.18. The third kappa shape index (κ3) is 2.79. The maximum absolute atomic E-state index is 12.3. The van der Waals surface area contributed by atoms with E-state index in [4.69, 9.17) is 5.11 Å². The number of aliphatic hydroxyl groups is 1. The van der Waals surface area contributed by atoms with Crippen molar-refractivity contribution in [3.8, 4) is 0 Å². The third-order valence-electron chi connectivity index (χ3n) is 1.18. The van der Waals surface area contributed by atoms with E-state index in [0.717, 1.165) is 12.4 Å². The van der Waals surface area contributed by atoms with Crippen LogP contribution in [0.1, 0.15) is 6.92 Å². The summed E-state index contributed by atoms with van der Waals surface area (Å²) in [6.07, 6.45) is 1.66. The molecule has 0 fully saturated rings. The molecule has 4 nitrogen and oxygen atoms in total. The predicted octanol–water partition coefficient (Wildman–Crippen LogP) is 0.408. The Morgan fingerprint density at radius 3 is 2.67 bits per heavy atom. The quantitative estimate of drug-likeness (QED) is 0.691. The lowest BCUT2D eigenvalue weighted by Gasteiger charge is -2.05. The summed E-state index contributed by atoms with van der Waals surface area (Å²) in [5.41, 5.74) is 0. The van der Waals surface area contributed by atoms with Gasteiger partial charge in [-0.05, 0) is 6.92 Å². The van der Waals surface area contributed by atoms with Gasteiger partial charge in [0.1, 0.15) is 0 Å². The number of aromatic nitrogens is 2. The molecule has 12 heavy (non-hydrogen) atoms. The zero-order chi connectivity index (χ0) is 8.97. The number of nitrogens with one attached hydrogen (secondary N) is 1. The normalized spacial score (nSPS) is 12.6. The van der Waals surface area contributed by atoms with Gasteiger partial charge in [-0.25, -0.2) is 14.4 Å². The molecule has 1 rings (SSSR count). The fourth-order valence-corrected chi connectivity index (χ4v) is 0.643. The number of halogens is 1. The van der Waals surface area contributed by atoms with Gasteiger partial charge in [-0.1, -0.05) is 0 Å². The summed E-state index contributed by atoms with van der Waals surface area (Å²) in [5, 5.41) is 11.6. The van der Waals surface area contributed by atoms with E-state index in [2.05, 4.69) is 15.3 Å². The number of anilines is 1. The van der Waals surface area contributed by atoms with Crippen molar-refractivity contribution in [3.63, 3.8) is 0 Å². The fraction of sp³-hybridized carbons (Fsp3) is 0.429. The van der Waals surface area contributed by atoms with E-state index in [1.807, 2.05) is 0 Å². The molecule has 1 aromatic rings. The molecular weight excluding hydrogens is 161 g/mol. The van der Waals surface area contributed by atoms with Crippen LogP contribution in [-0.4, -0.2) is 27.7 Å². The Kier molecular flexibility index (Phi) is 2.93. The van der Waals surface area contributed by atoms with Crippen molar-refractivity contribution in [2.24, 2.45) is 0 Å². The molecule has 0 spiro atoms. The van der Waals surface area contributed by atoms with Crippen molar-refractivity contribution in [1.29, 1.82) is 0 Å². The van der Waals surface area contributed by atoms with Crippen molar-refractivity contribution in [2.45, 2.75) is 13.0 Å². The summed E-state index contributed by atoms with van der Waals surface area (Å²) in [4.78, 5) is 7.28. The second-order valence-electron chi connectivity index (χ2n) is 2.45. The van der Waals surface area contributed by atoms with E-state index in [1.165, 1.54) is 0 Å². The smallest absolute Gasteiger partial charge is 0.222 e. The monoisotopic (exact) mass is 171 g/mol. The van der Waals surface area contributed by atoms with Crippen molar-refractivity contribution in [2.75, 3.05) is 11.9 Å². The highest BCUT2D eigenvalue weighted by Crippen LogP contribution is 1.97. The SMILES string of the molecule is CC(O)CNc1ncc(F)cn1. The van der Waals surface area contributed by atoms with Gasteiger partial charge >= 0.3 is 0 Å². The first-order valence-electron chi connectivity index (χ1n) is 3.58. The maximum atomic E-state index is 12.3. The van der Waals surface area contributed by atoms with E-state index in [0.29, 0.717) is 12.5 Å². The molecule has 1 heterocycles. The van der Waals surface area contributed by atoms with Gasteiger partial charge in [0.2, 0.25) is 5.95 Å². The Hall–Kier alpha value is -1.23. The maximum Gasteiger partial charge on any atom is 0.222 e. The van der Waals surface area contributed by atoms with Crippen LogP contribution in [0, 0.1) is 5.82 Å². The molecule has 2 N–H and O–H groups in total. The van der Waals surface area contributed by atoms with Crippen molar-refractivity contribution in [3.05, 3.63) is 18.2 Å². The Balaban J connectivity index is 2.48. The van der Waals surface area contributed by atoms with Crippen molar-refractivity contribution < 1.29 is 9.50 Å². The van der Waals surface area contributed by atoms with Gasteiger partial charge < -0.3 is 10.4 Å². The standard InChI is InChI=1S/C7H10FN3O/c1-5(12)2-9-7-10-3-6(8)4-11-7/h3-5,12H,2H2,1H3,(H,9,10,11). The van der Waals surface area contributed by atoms with E-state index in [-0.39, 0.29) is 0 Å². The van der Waals surface area contributed by atoms with Crippen molar-refractivity contribution >= 4 is 5.95 Å². The van der Waals surface area contributed by atoms with Crippen LogP contribution in [0.4, 0.5) is 10.3 Å². The van der Waals surface area contributed by atoms with Crippen LogP contribution in [-0.2, 0) is 0 Å². The highest BCUT2D eigenvalue weighted by Gasteiger charge is 1.98. The van der Waals surface area contributed by atoms with Gasteiger partial charge in [-0.3, -0.25) is 0 Å². The molecule has 66 valence electrons. The molecule has 0 bridgehead atoms. The second-order valence-corrected chi connectivity index (χ2v) is 2.45. The van der Waals surface area contributed by atoms with E-state index in [1.54, 1.807) is 6.92 Å². The average molecular weight is 171 g/mol. The van der Waals surface area contributed by atoms with E-state index >= 15 is 0 Å². The van der Waals surface area contributed by atoms with Crippen LogP contribution < -0.4 is 5.32 Å². The summed E-state index contributed by atoms with van der Waals surface area (Å²) in [7, 11) is 0. The molecule has 5 heteroatoms. The first-order chi connectivity index (χ1) is 5.68. The molecule has 0 aliphatic heterocycles. The molecule has 1 atom stereocenters. The molecule has 0 aromatic carbocycles. The van der Waals surface area contributed by atoms with Gasteiger partial charge in [0.15, 0.2) is 5.82 Å². The Morgan fingerprint density at radius 1 is 1.58 bits per heavy atom. The number of hydrogen-bond acceptors (Lipinski definition) is 4. The second kappa shape index (κ2) is 3.96. The minimum Gasteiger partial charge on any atom is -0.392 e. The van der Waals surface area contributed by atoms with Gasteiger partial charge in [0, 0.05) is 6.54 Å². The number of rotatable bonds is 3. The van der Waals surface area contributed by atoms with E-state index in [9.17, 15) is 4.39 Å². The first kappa shape index (κ1) is 8.86. The summed E-state index contributed by atoms with van der Waals surface area (Å²) in [6, 6.07) is 0. The molecule has 0 aliphatic carbocycles. The zero-order valence-corrected chi connectivity index (χ0v) is 6.66. The molecule has 0 aliphatic rings. The largest absolute Gasteiger partial charge is 0.392 e. The highest BCUT2D eigenvalue weighted by molar-refractivity contribution is 5.22. The lowest BCUT2D eigenvalue weighted by Crippen LogP contribution is -2.16. The molecule has 1 unspecified atom stereocenters. The minimum atomic E-state index is -0.474. The topological polar surface area (TPSA) is 58.0 Å². The lowest BCUT2D eigenvalue weighted by molar-refractivity contribution is 0.208. The molecule has 0 amide bonds. The highest BCUT2D eigenvalue weighted by atomic mass is 19.1. The Labute approximate surface area is 69.5 Å². The van der Waals surface area contributed by atoms with Crippen LogP contribution in [0.3, 0.4) is 0 Å². The van der Waals surface area contributed by atoms with Gasteiger partial charge in [-0.2, -0.15) is 0 Å². The van der Waals surface area contributed by atoms with Gasteiger partial charge in [0.25, 0.3) is 0 Å². The molecule has 1 aromatic heterocycles. The molecule has 0 saturated carbocycles. The van der Waals surface area contributed by atoms with Crippen LogP contribution >= 0.6 is 0 Å². The Bertz CT molecular complexity index is 237. The zero-order valence-electron chi connectivity index (χ0n) is 6.66. The summed E-state index contributed by atoms with van der Waals surface area (Å²) in [5.74, 6) is -0.158. The predicted molar refractivity (Wildman–Crippen MR) is 42.2 cm³/mol. The summed E-state index contributed by atoms with van der Waals surface area (Å²) >= 11 is 0. The van der Waals surface area contributed by atoms with Crippen LogP contribution in [0.2, 0.25) is 0 Å². The molecule has 0 radical (unpaired) electrons. The first-order valence-corrected chi connectivity index (χ1v) is 3.58. The number of nitrogens with zero attached hydrogens (tertiary/aromatic N) is 2.